The van der Waals surface area contributed by atoms with Gasteiger partial charge in [0.05, 0.1) is 14.2 Å². The first kappa shape index (κ1) is 16.3. The molecule has 0 amide bonds. The second-order valence-corrected chi connectivity index (χ2v) is 5.24. The van der Waals surface area contributed by atoms with Gasteiger partial charge in [0, 0.05) is 30.0 Å². The van der Waals surface area contributed by atoms with Crippen molar-refractivity contribution < 1.29 is 9.47 Å². The van der Waals surface area contributed by atoms with E-state index in [4.69, 9.17) is 9.47 Å². The van der Waals surface area contributed by atoms with Crippen LogP contribution >= 0.6 is 0 Å². The van der Waals surface area contributed by atoms with Crippen LogP contribution in [0.2, 0.25) is 0 Å². The highest BCUT2D eigenvalue weighted by Crippen LogP contribution is 2.31. The Morgan fingerprint density at radius 1 is 1.09 bits per heavy atom. The van der Waals surface area contributed by atoms with Gasteiger partial charge >= 0.3 is 0 Å². The lowest BCUT2D eigenvalue weighted by Crippen LogP contribution is -2.24. The third-order valence-electron chi connectivity index (χ3n) is 3.87. The maximum absolute atomic E-state index is 5.48. The van der Waals surface area contributed by atoms with Gasteiger partial charge in [-0.05, 0) is 49.2 Å². The topological polar surface area (TPSA) is 43.4 Å². The van der Waals surface area contributed by atoms with Gasteiger partial charge < -0.3 is 14.8 Å². The first-order chi connectivity index (χ1) is 10.7. The van der Waals surface area contributed by atoms with Crippen LogP contribution < -0.4 is 14.8 Å². The van der Waals surface area contributed by atoms with Crippen molar-refractivity contribution >= 4 is 0 Å². The Kier molecular flexibility index (Phi) is 5.78. The smallest absolute Gasteiger partial charge is 0.123 e. The average Bonchev–Trinajstić information content (AvgIpc) is 2.59. The Balaban J connectivity index is 2.22. The highest BCUT2D eigenvalue weighted by atomic mass is 16.5. The predicted molar refractivity (Wildman–Crippen MR) is 88.4 cm³/mol. The summed E-state index contributed by atoms with van der Waals surface area (Å²) in [6, 6.07) is 10.4. The summed E-state index contributed by atoms with van der Waals surface area (Å²) < 4.78 is 10.8. The Hall–Kier alpha value is -2.07. The van der Waals surface area contributed by atoms with Crippen LogP contribution in [0.1, 0.15) is 43.5 Å². The molecule has 1 aromatic heterocycles. The third-order valence-corrected chi connectivity index (χ3v) is 3.87. The van der Waals surface area contributed by atoms with Gasteiger partial charge in [0.25, 0.3) is 0 Å². The van der Waals surface area contributed by atoms with Crippen LogP contribution in [0.4, 0.5) is 0 Å². The second-order valence-electron chi connectivity index (χ2n) is 5.24. The summed E-state index contributed by atoms with van der Waals surface area (Å²) in [6.07, 6.45) is 4.66. The molecule has 0 unspecified atom stereocenters. The zero-order valence-corrected chi connectivity index (χ0v) is 13.7. The molecule has 2 aromatic rings. The molecular formula is C18H24N2O2. The van der Waals surface area contributed by atoms with Gasteiger partial charge in [-0.15, -0.1) is 0 Å². The maximum atomic E-state index is 5.48. The lowest BCUT2D eigenvalue weighted by molar-refractivity contribution is 0.383. The number of nitrogens with zero attached hydrogens (tertiary/aromatic N) is 1. The summed E-state index contributed by atoms with van der Waals surface area (Å²) in [5, 5.41) is 3.66. The maximum Gasteiger partial charge on any atom is 0.123 e. The van der Waals surface area contributed by atoms with Crippen LogP contribution in [-0.4, -0.2) is 19.2 Å². The van der Waals surface area contributed by atoms with E-state index in [2.05, 4.69) is 36.3 Å². The van der Waals surface area contributed by atoms with E-state index in [9.17, 15) is 0 Å². The minimum absolute atomic E-state index is 0.142. The molecule has 0 spiro atoms. The van der Waals surface area contributed by atoms with E-state index < -0.39 is 0 Å². The van der Waals surface area contributed by atoms with Crippen LogP contribution in [0, 0.1) is 0 Å². The molecule has 0 radical (unpaired) electrons. The summed E-state index contributed by atoms with van der Waals surface area (Å²) in [4.78, 5) is 4.09. The van der Waals surface area contributed by atoms with Crippen molar-refractivity contribution in [1.82, 2.24) is 10.3 Å². The normalized spacial score (nSPS) is 13.5. The van der Waals surface area contributed by atoms with E-state index in [-0.39, 0.29) is 12.1 Å². The van der Waals surface area contributed by atoms with Crippen molar-refractivity contribution in [2.45, 2.75) is 32.4 Å². The number of hydrogen-bond acceptors (Lipinski definition) is 4. The number of methoxy groups -OCH3 is 2. The lowest BCUT2D eigenvalue weighted by atomic mass is 10.0. The number of ether oxygens (including phenoxy) is 2. The Morgan fingerprint density at radius 2 is 1.82 bits per heavy atom. The summed E-state index contributed by atoms with van der Waals surface area (Å²) in [5.41, 5.74) is 2.33. The number of benzene rings is 1. The van der Waals surface area contributed by atoms with Gasteiger partial charge in [-0.1, -0.05) is 6.92 Å². The fourth-order valence-electron chi connectivity index (χ4n) is 2.61. The quantitative estimate of drug-likeness (QED) is 0.842. The largest absolute Gasteiger partial charge is 0.497 e. The van der Waals surface area contributed by atoms with Crippen LogP contribution in [0.25, 0.3) is 0 Å². The first-order valence-corrected chi connectivity index (χ1v) is 7.57. The molecule has 1 heterocycles. The number of pyridine rings is 1. The van der Waals surface area contributed by atoms with Gasteiger partial charge in [0.2, 0.25) is 0 Å². The molecule has 1 N–H and O–H groups in total. The van der Waals surface area contributed by atoms with Crippen molar-refractivity contribution in [3.8, 4) is 11.5 Å². The molecule has 2 atom stereocenters. The molecule has 4 nitrogen and oxygen atoms in total. The average molecular weight is 300 g/mol. The molecule has 0 aliphatic heterocycles. The molecule has 0 aliphatic carbocycles. The van der Waals surface area contributed by atoms with Crippen molar-refractivity contribution in [3.05, 3.63) is 53.9 Å². The van der Waals surface area contributed by atoms with E-state index in [1.807, 2.05) is 30.6 Å². The van der Waals surface area contributed by atoms with E-state index in [0.29, 0.717) is 0 Å². The SMILES string of the molecule is CC[C@H](N[C@H](C)c1cc(OC)ccc1OC)c1ccncc1. The summed E-state index contributed by atoms with van der Waals surface area (Å²) in [7, 11) is 3.37. The molecule has 0 aliphatic rings. The molecule has 1 aromatic carbocycles. The molecule has 0 saturated heterocycles. The molecule has 22 heavy (non-hydrogen) atoms. The number of nitrogens with one attached hydrogen (secondary N) is 1. The minimum Gasteiger partial charge on any atom is -0.497 e. The molecular weight excluding hydrogens is 276 g/mol. The van der Waals surface area contributed by atoms with E-state index >= 15 is 0 Å². The van der Waals surface area contributed by atoms with Gasteiger partial charge in [-0.25, -0.2) is 0 Å². The van der Waals surface area contributed by atoms with Crippen molar-refractivity contribution in [2.24, 2.45) is 0 Å². The third kappa shape index (κ3) is 3.77. The highest BCUT2D eigenvalue weighted by Gasteiger charge is 2.17. The van der Waals surface area contributed by atoms with Crippen molar-refractivity contribution in [3.63, 3.8) is 0 Å². The summed E-state index contributed by atoms with van der Waals surface area (Å²) >= 11 is 0. The van der Waals surface area contributed by atoms with Crippen LogP contribution in [0.5, 0.6) is 11.5 Å². The Morgan fingerprint density at radius 3 is 2.41 bits per heavy atom. The number of rotatable bonds is 7. The number of hydrogen-bond donors (Lipinski definition) is 1. The summed E-state index contributed by atoms with van der Waals surface area (Å²) in [6.45, 7) is 4.31. The fraction of sp³-hybridized carbons (Fsp3) is 0.389. The standard InChI is InChI=1S/C18H24N2O2/c1-5-17(14-8-10-19-11-9-14)20-13(2)16-12-15(21-3)6-7-18(16)22-4/h6-13,17,20H,5H2,1-4H3/t13-,17+/m1/s1. The second kappa shape index (κ2) is 7.80. The minimum atomic E-state index is 0.142. The Labute approximate surface area is 132 Å². The van der Waals surface area contributed by atoms with Gasteiger partial charge in [0.15, 0.2) is 0 Å². The zero-order valence-electron chi connectivity index (χ0n) is 13.7. The van der Waals surface area contributed by atoms with Crippen molar-refractivity contribution in [2.75, 3.05) is 14.2 Å². The predicted octanol–water partition coefficient (Wildman–Crippen LogP) is 3.90. The van der Waals surface area contributed by atoms with E-state index in [0.717, 1.165) is 23.5 Å². The van der Waals surface area contributed by atoms with Crippen LogP contribution in [0.3, 0.4) is 0 Å². The zero-order chi connectivity index (χ0) is 15.9. The van der Waals surface area contributed by atoms with Crippen molar-refractivity contribution in [1.29, 1.82) is 0 Å². The first-order valence-electron chi connectivity index (χ1n) is 7.57. The van der Waals surface area contributed by atoms with E-state index in [1.165, 1.54) is 5.56 Å². The monoisotopic (exact) mass is 300 g/mol. The molecule has 2 rings (SSSR count). The summed E-state index contributed by atoms with van der Waals surface area (Å²) in [5.74, 6) is 1.70. The van der Waals surface area contributed by atoms with Crippen LogP contribution in [0.15, 0.2) is 42.7 Å². The van der Waals surface area contributed by atoms with Gasteiger partial charge in [-0.2, -0.15) is 0 Å². The molecule has 0 bridgehead atoms. The Bertz CT molecular complexity index is 587. The van der Waals surface area contributed by atoms with E-state index in [1.54, 1.807) is 14.2 Å². The molecule has 0 saturated carbocycles. The van der Waals surface area contributed by atoms with Crippen LogP contribution in [-0.2, 0) is 0 Å². The number of aromatic nitrogens is 1. The van der Waals surface area contributed by atoms with Gasteiger partial charge in [-0.3, -0.25) is 4.98 Å². The lowest BCUT2D eigenvalue weighted by Gasteiger charge is -2.24. The van der Waals surface area contributed by atoms with Gasteiger partial charge in [0.1, 0.15) is 11.5 Å². The molecule has 4 heteroatoms. The molecule has 118 valence electrons. The highest BCUT2D eigenvalue weighted by molar-refractivity contribution is 5.42. The molecule has 0 fully saturated rings. The fourth-order valence-corrected chi connectivity index (χ4v) is 2.61.